The summed E-state index contributed by atoms with van der Waals surface area (Å²) in [6.45, 7) is 9.16. The molecular weight excluding hydrogens is 278 g/mol. The van der Waals surface area contributed by atoms with E-state index in [1.807, 2.05) is 0 Å². The average Bonchev–Trinajstić information content (AvgIpc) is 2.46. The third-order valence-electron chi connectivity index (χ3n) is 4.80. The van der Waals surface area contributed by atoms with Crippen molar-refractivity contribution in [1.29, 1.82) is 0 Å². The van der Waals surface area contributed by atoms with Crippen molar-refractivity contribution < 1.29 is 0 Å². The molecule has 0 saturated carbocycles. The molecule has 0 aromatic carbocycles. The molecule has 1 atom stereocenters. The Hall–Kier alpha value is -0.0400. The maximum atomic E-state index is 6.21. The van der Waals surface area contributed by atoms with Crippen LogP contribution >= 0.6 is 0 Å². The van der Waals surface area contributed by atoms with Gasteiger partial charge in [0.15, 0.2) is 0 Å². The molecule has 0 aromatic heterocycles. The van der Waals surface area contributed by atoms with Crippen LogP contribution in [0.1, 0.15) is 130 Å². The van der Waals surface area contributed by atoms with Gasteiger partial charge in [0.25, 0.3) is 0 Å². The predicted molar refractivity (Wildman–Crippen MR) is 107 cm³/mol. The zero-order valence-corrected chi connectivity index (χ0v) is 17.0. The molecule has 0 aliphatic carbocycles. The lowest BCUT2D eigenvalue weighted by atomic mass is 9.86. The fourth-order valence-corrected chi connectivity index (χ4v) is 3.49. The van der Waals surface area contributed by atoms with Crippen LogP contribution in [0.2, 0.25) is 0 Å². The van der Waals surface area contributed by atoms with Gasteiger partial charge in [0.05, 0.1) is 0 Å². The highest BCUT2D eigenvalue weighted by atomic mass is 14.6. The van der Waals surface area contributed by atoms with E-state index in [2.05, 4.69) is 27.7 Å². The van der Waals surface area contributed by atoms with Crippen LogP contribution in [0.25, 0.3) is 0 Å². The first-order valence-corrected chi connectivity index (χ1v) is 10.7. The molecule has 0 aromatic rings. The van der Waals surface area contributed by atoms with Crippen molar-refractivity contribution in [3.63, 3.8) is 0 Å². The molecule has 140 valence electrons. The molecule has 0 saturated heterocycles. The van der Waals surface area contributed by atoms with Gasteiger partial charge in [0, 0.05) is 6.04 Å². The summed E-state index contributed by atoms with van der Waals surface area (Å²) in [7, 11) is 0. The van der Waals surface area contributed by atoms with Crippen molar-refractivity contribution in [3.05, 3.63) is 0 Å². The van der Waals surface area contributed by atoms with Crippen LogP contribution < -0.4 is 5.73 Å². The molecule has 1 heteroatoms. The molecule has 0 aliphatic heterocycles. The van der Waals surface area contributed by atoms with E-state index < -0.39 is 0 Å². The Morgan fingerprint density at radius 3 is 1.30 bits per heavy atom. The lowest BCUT2D eigenvalue weighted by molar-refractivity contribution is 0.326. The number of unbranched alkanes of at least 4 members (excludes halogenated alkanes) is 13. The van der Waals surface area contributed by atoms with Gasteiger partial charge >= 0.3 is 0 Å². The van der Waals surface area contributed by atoms with E-state index >= 15 is 0 Å². The van der Waals surface area contributed by atoms with E-state index in [0.29, 0.717) is 11.5 Å². The van der Waals surface area contributed by atoms with E-state index in [1.54, 1.807) is 0 Å². The summed E-state index contributed by atoms with van der Waals surface area (Å²) < 4.78 is 0. The Morgan fingerprint density at radius 2 is 0.957 bits per heavy atom. The van der Waals surface area contributed by atoms with Gasteiger partial charge in [-0.25, -0.2) is 0 Å². The van der Waals surface area contributed by atoms with E-state index in [0.717, 1.165) is 6.42 Å². The normalized spacial score (nSPS) is 13.4. The minimum atomic E-state index is 0.384. The minimum Gasteiger partial charge on any atom is -0.328 e. The fourth-order valence-electron chi connectivity index (χ4n) is 3.49. The van der Waals surface area contributed by atoms with Gasteiger partial charge in [-0.05, 0) is 18.3 Å². The number of hydrogen-bond acceptors (Lipinski definition) is 1. The van der Waals surface area contributed by atoms with Gasteiger partial charge in [0.1, 0.15) is 0 Å². The fraction of sp³-hybridized carbons (Fsp3) is 1.00. The van der Waals surface area contributed by atoms with E-state index in [-0.39, 0.29) is 0 Å². The Morgan fingerprint density at radius 1 is 0.609 bits per heavy atom. The van der Waals surface area contributed by atoms with Crippen LogP contribution in [0, 0.1) is 5.41 Å². The first-order valence-electron chi connectivity index (χ1n) is 10.7. The standard InChI is InChI=1S/C22H47N/c1-5-6-7-8-9-10-11-12-13-14-15-16-17-18-19-21(23)20-22(2,3)4/h21H,5-20,23H2,1-4H3. The molecule has 0 amide bonds. The number of rotatable bonds is 16. The van der Waals surface area contributed by atoms with Crippen LogP contribution in [0.3, 0.4) is 0 Å². The van der Waals surface area contributed by atoms with Gasteiger partial charge in [0.2, 0.25) is 0 Å². The molecule has 0 aliphatic rings. The highest BCUT2D eigenvalue weighted by Gasteiger charge is 2.14. The third-order valence-corrected chi connectivity index (χ3v) is 4.80. The summed E-state index contributed by atoms with van der Waals surface area (Å²) in [5, 5.41) is 0. The summed E-state index contributed by atoms with van der Waals surface area (Å²) in [5.74, 6) is 0. The van der Waals surface area contributed by atoms with Crippen molar-refractivity contribution in [2.75, 3.05) is 0 Å². The quantitative estimate of drug-likeness (QED) is 0.290. The zero-order valence-electron chi connectivity index (χ0n) is 17.0. The number of nitrogens with two attached hydrogens (primary N) is 1. The smallest absolute Gasteiger partial charge is 0.00438 e. The van der Waals surface area contributed by atoms with Crippen molar-refractivity contribution in [2.45, 2.75) is 136 Å². The lowest BCUT2D eigenvalue weighted by Gasteiger charge is -2.23. The average molecular weight is 326 g/mol. The van der Waals surface area contributed by atoms with Gasteiger partial charge in [-0.2, -0.15) is 0 Å². The molecule has 0 heterocycles. The maximum Gasteiger partial charge on any atom is 0.00438 e. The summed E-state index contributed by atoms with van der Waals surface area (Å²) in [5.41, 5.74) is 6.59. The van der Waals surface area contributed by atoms with Crippen molar-refractivity contribution in [1.82, 2.24) is 0 Å². The second-order valence-electron chi connectivity index (χ2n) is 8.91. The molecule has 1 unspecified atom stereocenters. The maximum absolute atomic E-state index is 6.21. The molecule has 0 rings (SSSR count). The summed E-state index contributed by atoms with van der Waals surface area (Å²) in [4.78, 5) is 0. The predicted octanol–water partition coefficient (Wildman–Crippen LogP) is 7.62. The molecule has 2 N–H and O–H groups in total. The second kappa shape index (κ2) is 15.5. The summed E-state index contributed by atoms with van der Waals surface area (Å²) >= 11 is 0. The second-order valence-corrected chi connectivity index (χ2v) is 8.91. The van der Waals surface area contributed by atoms with Gasteiger partial charge in [-0.15, -0.1) is 0 Å². The molecule has 0 bridgehead atoms. The minimum absolute atomic E-state index is 0.384. The molecule has 0 fully saturated rings. The SMILES string of the molecule is CCCCCCCCCCCCCCCCC(N)CC(C)(C)C. The molecule has 0 spiro atoms. The molecule has 1 nitrogen and oxygen atoms in total. The first-order chi connectivity index (χ1) is 11.0. The van der Waals surface area contributed by atoms with E-state index in [9.17, 15) is 0 Å². The van der Waals surface area contributed by atoms with Crippen molar-refractivity contribution in [2.24, 2.45) is 11.1 Å². The van der Waals surface area contributed by atoms with Gasteiger partial charge in [-0.3, -0.25) is 0 Å². The highest BCUT2D eigenvalue weighted by molar-refractivity contribution is 4.71. The van der Waals surface area contributed by atoms with Crippen molar-refractivity contribution >= 4 is 0 Å². The molecule has 0 radical (unpaired) electrons. The lowest BCUT2D eigenvalue weighted by Crippen LogP contribution is -2.26. The zero-order chi connectivity index (χ0) is 17.4. The Balaban J connectivity index is 3.13. The largest absolute Gasteiger partial charge is 0.328 e. The first kappa shape index (κ1) is 23.0. The third kappa shape index (κ3) is 19.9. The summed E-state index contributed by atoms with van der Waals surface area (Å²) in [6.07, 6.45) is 22.4. The topological polar surface area (TPSA) is 26.0 Å². The monoisotopic (exact) mass is 325 g/mol. The van der Waals surface area contributed by atoms with Crippen LogP contribution in [-0.2, 0) is 0 Å². The van der Waals surface area contributed by atoms with E-state index in [1.165, 1.54) is 96.3 Å². The van der Waals surface area contributed by atoms with Crippen LogP contribution in [0.5, 0.6) is 0 Å². The molecule has 23 heavy (non-hydrogen) atoms. The Labute approximate surface area is 148 Å². The van der Waals surface area contributed by atoms with Crippen LogP contribution in [0.4, 0.5) is 0 Å². The summed E-state index contributed by atoms with van der Waals surface area (Å²) in [6, 6.07) is 0.410. The Kier molecular flexibility index (Phi) is 15.5. The Bertz CT molecular complexity index is 229. The van der Waals surface area contributed by atoms with E-state index in [4.69, 9.17) is 5.73 Å². The van der Waals surface area contributed by atoms with Crippen molar-refractivity contribution in [3.8, 4) is 0 Å². The molecular formula is C22H47N. The highest BCUT2D eigenvalue weighted by Crippen LogP contribution is 2.22. The van der Waals surface area contributed by atoms with Gasteiger partial charge in [-0.1, -0.05) is 118 Å². The van der Waals surface area contributed by atoms with Crippen LogP contribution in [0.15, 0.2) is 0 Å². The van der Waals surface area contributed by atoms with Crippen LogP contribution in [-0.4, -0.2) is 6.04 Å². The van der Waals surface area contributed by atoms with Gasteiger partial charge < -0.3 is 5.73 Å². The number of hydrogen-bond donors (Lipinski definition) is 1.